The van der Waals surface area contributed by atoms with Crippen LogP contribution in [0.15, 0.2) is 34.3 Å². The quantitative estimate of drug-likeness (QED) is 0.872. The highest BCUT2D eigenvalue weighted by atomic mass is 32.2. The lowest BCUT2D eigenvalue weighted by Crippen LogP contribution is -2.27. The minimum absolute atomic E-state index is 0.266. The van der Waals surface area contributed by atoms with Crippen LogP contribution in [-0.2, 0) is 10.0 Å². The van der Waals surface area contributed by atoms with E-state index in [1.165, 1.54) is 19.3 Å². The summed E-state index contributed by atoms with van der Waals surface area (Å²) in [5.41, 5.74) is 2.37. The Morgan fingerprint density at radius 3 is 2.67 bits per heavy atom. The topological polar surface area (TPSA) is 58.5 Å². The molecule has 0 aromatic heterocycles. The first-order chi connectivity index (χ1) is 9.86. The molecule has 2 aliphatic rings. The number of nitrogens with one attached hydrogen (secondary N) is 1. The molecule has 2 fully saturated rings. The molecule has 2 atom stereocenters. The third-order valence-electron chi connectivity index (χ3n) is 4.75. The van der Waals surface area contributed by atoms with E-state index >= 15 is 0 Å². The third kappa shape index (κ3) is 3.12. The summed E-state index contributed by atoms with van der Waals surface area (Å²) in [6.45, 7) is 4.22. The van der Waals surface area contributed by atoms with Crippen LogP contribution in [0.2, 0.25) is 0 Å². The van der Waals surface area contributed by atoms with Gasteiger partial charge < -0.3 is 0 Å². The lowest BCUT2D eigenvalue weighted by molar-refractivity contribution is 0.314. The van der Waals surface area contributed by atoms with Gasteiger partial charge >= 0.3 is 0 Å². The van der Waals surface area contributed by atoms with Crippen LogP contribution in [0.4, 0.5) is 0 Å². The normalized spacial score (nSPS) is 30.6. The number of hydrogen-bond acceptors (Lipinski definition) is 3. The van der Waals surface area contributed by atoms with Crippen LogP contribution in [0, 0.1) is 18.3 Å². The van der Waals surface area contributed by atoms with Crippen molar-refractivity contribution in [2.45, 2.75) is 50.8 Å². The van der Waals surface area contributed by atoms with Crippen molar-refractivity contribution in [3.8, 4) is 0 Å². The molecule has 1 N–H and O–H groups in total. The van der Waals surface area contributed by atoms with Crippen molar-refractivity contribution in [3.05, 3.63) is 29.8 Å². The molecule has 0 saturated heterocycles. The number of rotatable bonds is 3. The molecule has 114 valence electrons. The number of sulfonamides is 1. The average molecular weight is 306 g/mol. The van der Waals surface area contributed by atoms with Crippen molar-refractivity contribution < 1.29 is 8.42 Å². The van der Waals surface area contributed by atoms with Crippen molar-refractivity contribution in [2.75, 3.05) is 0 Å². The summed E-state index contributed by atoms with van der Waals surface area (Å²) in [5, 5.41) is 4.22. The van der Waals surface area contributed by atoms with Crippen molar-refractivity contribution in [1.29, 1.82) is 0 Å². The highest BCUT2D eigenvalue weighted by molar-refractivity contribution is 7.89. The van der Waals surface area contributed by atoms with Gasteiger partial charge in [-0.2, -0.15) is 13.5 Å². The Morgan fingerprint density at radius 1 is 1.29 bits per heavy atom. The van der Waals surface area contributed by atoms with Gasteiger partial charge in [0.2, 0.25) is 0 Å². The highest BCUT2D eigenvalue weighted by Gasteiger charge is 2.40. The minimum atomic E-state index is -3.55. The van der Waals surface area contributed by atoms with Gasteiger partial charge in [-0.1, -0.05) is 24.6 Å². The number of benzene rings is 1. The summed E-state index contributed by atoms with van der Waals surface area (Å²) in [7, 11) is -3.55. The largest absolute Gasteiger partial charge is 0.276 e. The molecule has 4 nitrogen and oxygen atoms in total. The maximum atomic E-state index is 12.2. The van der Waals surface area contributed by atoms with Crippen LogP contribution in [0.3, 0.4) is 0 Å². The first-order valence-electron chi connectivity index (χ1n) is 7.50. The Kier molecular flexibility index (Phi) is 3.56. The average Bonchev–Trinajstić information content (AvgIpc) is 2.70. The molecule has 2 saturated carbocycles. The standard InChI is InChI=1S/C16H22N2O2S/c1-12-3-5-15(6-4-12)21(19,20)18-17-14-9-13-7-8-16(2,10-13)11-14/h3-6,13,18H,7-11H2,1-2H3/b17-14+/t13-,16+/m1/s1. The SMILES string of the molecule is Cc1ccc(S(=O)(=O)N/N=C2\C[C@H]3CC[C@](C)(C2)C3)cc1. The Bertz CT molecular complexity index is 664. The van der Waals surface area contributed by atoms with Gasteiger partial charge in [0.25, 0.3) is 10.0 Å². The second kappa shape index (κ2) is 5.13. The van der Waals surface area contributed by atoms with E-state index in [0.717, 1.165) is 24.1 Å². The summed E-state index contributed by atoms with van der Waals surface area (Å²) in [6.07, 6.45) is 5.60. The van der Waals surface area contributed by atoms with Crippen LogP contribution in [0.25, 0.3) is 0 Å². The molecule has 0 radical (unpaired) electrons. The Balaban J connectivity index is 1.74. The van der Waals surface area contributed by atoms with Gasteiger partial charge in [0.05, 0.1) is 4.90 Å². The maximum Gasteiger partial charge on any atom is 0.276 e. The van der Waals surface area contributed by atoms with Crippen LogP contribution >= 0.6 is 0 Å². The number of hydrazone groups is 1. The summed E-state index contributed by atoms with van der Waals surface area (Å²) < 4.78 is 24.5. The first-order valence-corrected chi connectivity index (χ1v) is 8.99. The maximum absolute atomic E-state index is 12.2. The van der Waals surface area contributed by atoms with Gasteiger partial charge in [0, 0.05) is 5.71 Å². The molecule has 1 aromatic carbocycles. The van der Waals surface area contributed by atoms with Crippen molar-refractivity contribution in [3.63, 3.8) is 0 Å². The van der Waals surface area contributed by atoms with Gasteiger partial charge in [-0.25, -0.2) is 4.83 Å². The predicted molar refractivity (Wildman–Crippen MR) is 83.6 cm³/mol. The molecule has 3 rings (SSSR count). The molecule has 5 heteroatoms. The number of nitrogens with zero attached hydrogens (tertiary/aromatic N) is 1. The Labute approximate surface area is 126 Å². The van der Waals surface area contributed by atoms with Gasteiger partial charge in [-0.3, -0.25) is 0 Å². The molecule has 0 aliphatic heterocycles. The zero-order valence-corrected chi connectivity index (χ0v) is 13.4. The molecule has 0 heterocycles. The van der Waals surface area contributed by atoms with E-state index in [1.807, 2.05) is 6.92 Å². The number of fused-ring (bicyclic) bond motifs is 2. The van der Waals surface area contributed by atoms with Gasteiger partial charge in [-0.15, -0.1) is 0 Å². The summed E-state index contributed by atoms with van der Waals surface area (Å²) in [6, 6.07) is 6.82. The molecule has 1 aromatic rings. The fourth-order valence-corrected chi connectivity index (χ4v) is 4.52. The number of aryl methyl sites for hydroxylation is 1. The predicted octanol–water partition coefficient (Wildman–Crippen LogP) is 3.23. The van der Waals surface area contributed by atoms with Crippen molar-refractivity contribution in [1.82, 2.24) is 4.83 Å². The van der Waals surface area contributed by atoms with E-state index in [9.17, 15) is 8.42 Å². The third-order valence-corrected chi connectivity index (χ3v) is 5.97. The van der Waals surface area contributed by atoms with E-state index in [-0.39, 0.29) is 4.90 Å². The monoisotopic (exact) mass is 306 g/mol. The molecule has 0 amide bonds. The lowest BCUT2D eigenvalue weighted by Gasteiger charge is -2.29. The fourth-order valence-electron chi connectivity index (χ4n) is 3.67. The Hall–Kier alpha value is -1.36. The van der Waals surface area contributed by atoms with Gasteiger partial charge in [-0.05, 0) is 62.5 Å². The summed E-state index contributed by atoms with van der Waals surface area (Å²) in [4.78, 5) is 2.68. The Morgan fingerprint density at radius 2 is 2.00 bits per heavy atom. The van der Waals surface area contributed by atoms with Gasteiger partial charge in [0.1, 0.15) is 0 Å². The first kappa shape index (κ1) is 14.6. The van der Waals surface area contributed by atoms with Crippen LogP contribution in [0.5, 0.6) is 0 Å². The zero-order valence-electron chi connectivity index (χ0n) is 12.6. The van der Waals surface area contributed by atoms with Crippen LogP contribution in [0.1, 0.15) is 44.6 Å². The summed E-state index contributed by atoms with van der Waals surface area (Å²) in [5.74, 6) is 0.686. The lowest BCUT2D eigenvalue weighted by atomic mass is 9.76. The van der Waals surface area contributed by atoms with E-state index in [2.05, 4.69) is 16.9 Å². The summed E-state index contributed by atoms with van der Waals surface area (Å²) >= 11 is 0. The van der Waals surface area contributed by atoms with Crippen LogP contribution in [-0.4, -0.2) is 14.1 Å². The molecular weight excluding hydrogens is 284 g/mol. The second-order valence-corrected chi connectivity index (χ2v) is 8.55. The molecule has 0 spiro atoms. The highest BCUT2D eigenvalue weighted by Crippen LogP contribution is 2.49. The van der Waals surface area contributed by atoms with Crippen molar-refractivity contribution in [2.24, 2.45) is 16.4 Å². The van der Waals surface area contributed by atoms with Crippen molar-refractivity contribution >= 4 is 15.7 Å². The molecular formula is C16H22N2O2S. The molecule has 2 bridgehead atoms. The zero-order chi connectivity index (χ0) is 15.1. The molecule has 21 heavy (non-hydrogen) atoms. The number of hydrogen-bond donors (Lipinski definition) is 1. The smallest absolute Gasteiger partial charge is 0.200 e. The van der Waals surface area contributed by atoms with Crippen LogP contribution < -0.4 is 4.83 Å². The van der Waals surface area contributed by atoms with E-state index in [0.29, 0.717) is 11.3 Å². The van der Waals surface area contributed by atoms with E-state index < -0.39 is 10.0 Å². The van der Waals surface area contributed by atoms with Gasteiger partial charge in [0.15, 0.2) is 0 Å². The molecule has 2 aliphatic carbocycles. The second-order valence-electron chi connectivity index (χ2n) is 6.89. The fraction of sp³-hybridized carbons (Fsp3) is 0.562. The molecule has 0 unspecified atom stereocenters. The van der Waals surface area contributed by atoms with E-state index in [4.69, 9.17) is 0 Å². The minimum Gasteiger partial charge on any atom is -0.200 e. The van der Waals surface area contributed by atoms with E-state index in [1.54, 1.807) is 24.3 Å².